The predicted octanol–water partition coefficient (Wildman–Crippen LogP) is -0.442. The van der Waals surface area contributed by atoms with Gasteiger partial charge in [-0.1, -0.05) is 6.92 Å². The first kappa shape index (κ1) is 14.7. The van der Waals surface area contributed by atoms with Gasteiger partial charge in [0.15, 0.2) is 11.4 Å². The molecule has 1 saturated carbocycles. The first-order valence-electron chi connectivity index (χ1n) is 7.22. The van der Waals surface area contributed by atoms with Gasteiger partial charge >= 0.3 is 5.97 Å². The van der Waals surface area contributed by atoms with Crippen LogP contribution in [-0.4, -0.2) is 51.0 Å². The van der Waals surface area contributed by atoms with Crippen LogP contribution in [0.5, 0.6) is 0 Å². The van der Waals surface area contributed by atoms with E-state index in [0.717, 1.165) is 0 Å². The Bertz CT molecular complexity index is 542. The number of carbonyl (C=O) groups excluding carboxylic acids is 2. The highest BCUT2D eigenvalue weighted by Crippen LogP contribution is 2.57. The van der Waals surface area contributed by atoms with Gasteiger partial charge in [0.25, 0.3) is 0 Å². The fraction of sp³-hybridized carbons (Fsp3) is 0.733. The monoisotopic (exact) mass is 296 g/mol. The molecular weight excluding hydrogens is 276 g/mol. The van der Waals surface area contributed by atoms with Crippen LogP contribution >= 0.6 is 0 Å². The molecule has 1 heterocycles. The third kappa shape index (κ3) is 1.48. The average Bonchev–Trinajstić information content (AvgIpc) is 2.82. The van der Waals surface area contributed by atoms with Crippen molar-refractivity contribution in [1.82, 2.24) is 0 Å². The highest BCUT2D eigenvalue weighted by Gasteiger charge is 2.71. The molecule has 2 fully saturated rings. The molecule has 3 aliphatic rings. The second-order valence-corrected chi connectivity index (χ2v) is 6.72. The van der Waals surface area contributed by atoms with Crippen LogP contribution in [0.25, 0.3) is 0 Å². The zero-order valence-corrected chi connectivity index (χ0v) is 12.1. The zero-order chi connectivity index (χ0) is 15.6. The van der Waals surface area contributed by atoms with Gasteiger partial charge in [-0.2, -0.15) is 0 Å². The van der Waals surface area contributed by atoms with Gasteiger partial charge in [0, 0.05) is 5.92 Å². The van der Waals surface area contributed by atoms with E-state index >= 15 is 0 Å². The van der Waals surface area contributed by atoms with Crippen molar-refractivity contribution in [2.24, 2.45) is 17.3 Å². The normalized spacial score (nSPS) is 52.3. The van der Waals surface area contributed by atoms with Crippen molar-refractivity contribution >= 4 is 11.8 Å². The quantitative estimate of drug-likeness (QED) is 0.567. The zero-order valence-electron chi connectivity index (χ0n) is 12.1. The molecule has 1 saturated heterocycles. The fourth-order valence-corrected chi connectivity index (χ4v) is 4.23. The standard InChI is InChI=1S/C15H20O6/c1-8-3-4-9-11(21-12(18)14(9,19)7-16)13(2)10(17)5-6-15(8,13)20/h5-6,8-9,11,16,19-20H,3-4,7H2,1-2H3/t8-,9+,11+,13-,14-,15+/m0/s1. The van der Waals surface area contributed by atoms with Gasteiger partial charge in [-0.3, -0.25) is 4.79 Å². The average molecular weight is 296 g/mol. The Kier molecular flexibility index (Phi) is 2.90. The van der Waals surface area contributed by atoms with Crippen LogP contribution in [0.1, 0.15) is 26.7 Å². The Morgan fingerprint density at radius 3 is 2.62 bits per heavy atom. The number of hydrogen-bond acceptors (Lipinski definition) is 6. The number of aliphatic hydroxyl groups excluding tert-OH is 1. The van der Waals surface area contributed by atoms with Crippen molar-refractivity contribution < 1.29 is 29.6 Å². The number of carbonyl (C=O) groups is 2. The lowest BCUT2D eigenvalue weighted by molar-refractivity contribution is -0.169. The molecule has 0 unspecified atom stereocenters. The summed E-state index contributed by atoms with van der Waals surface area (Å²) < 4.78 is 5.28. The van der Waals surface area contributed by atoms with E-state index < -0.39 is 41.2 Å². The van der Waals surface area contributed by atoms with Gasteiger partial charge < -0.3 is 20.1 Å². The number of ether oxygens (including phenoxy) is 1. The van der Waals surface area contributed by atoms with Gasteiger partial charge in [0.1, 0.15) is 11.7 Å². The molecule has 6 atom stereocenters. The van der Waals surface area contributed by atoms with Crippen LogP contribution in [0.15, 0.2) is 12.2 Å². The largest absolute Gasteiger partial charge is 0.459 e. The molecule has 3 rings (SSSR count). The second kappa shape index (κ2) is 4.15. The lowest BCUT2D eigenvalue weighted by Gasteiger charge is -2.43. The molecule has 6 nitrogen and oxygen atoms in total. The van der Waals surface area contributed by atoms with Crippen LogP contribution in [0.2, 0.25) is 0 Å². The molecule has 0 aromatic rings. The molecule has 0 radical (unpaired) electrons. The number of aliphatic hydroxyl groups is 3. The molecule has 116 valence electrons. The van der Waals surface area contributed by atoms with E-state index in [-0.39, 0.29) is 11.7 Å². The van der Waals surface area contributed by atoms with Gasteiger partial charge in [0.05, 0.1) is 12.0 Å². The summed E-state index contributed by atoms with van der Waals surface area (Å²) in [6.07, 6.45) is 2.77. The van der Waals surface area contributed by atoms with E-state index in [1.807, 2.05) is 6.92 Å². The molecule has 0 amide bonds. The minimum atomic E-state index is -2.00. The number of ketones is 1. The highest BCUT2D eigenvalue weighted by atomic mass is 16.6. The Balaban J connectivity index is 2.15. The summed E-state index contributed by atoms with van der Waals surface area (Å²) in [4.78, 5) is 24.4. The van der Waals surface area contributed by atoms with E-state index in [1.54, 1.807) is 6.92 Å². The molecule has 1 aliphatic heterocycles. The maximum atomic E-state index is 12.4. The molecule has 2 aliphatic carbocycles. The van der Waals surface area contributed by atoms with Gasteiger partial charge in [-0.15, -0.1) is 0 Å². The Morgan fingerprint density at radius 1 is 1.33 bits per heavy atom. The van der Waals surface area contributed by atoms with Gasteiger partial charge in [0.2, 0.25) is 0 Å². The smallest absolute Gasteiger partial charge is 0.341 e. The molecule has 21 heavy (non-hydrogen) atoms. The Labute approximate surface area is 122 Å². The first-order chi connectivity index (χ1) is 9.71. The van der Waals surface area contributed by atoms with Crippen molar-refractivity contribution in [2.75, 3.05) is 6.61 Å². The topological polar surface area (TPSA) is 104 Å². The van der Waals surface area contributed by atoms with Crippen LogP contribution in [0.4, 0.5) is 0 Å². The molecule has 6 heteroatoms. The van der Waals surface area contributed by atoms with Crippen molar-refractivity contribution in [3.05, 3.63) is 12.2 Å². The van der Waals surface area contributed by atoms with E-state index in [1.165, 1.54) is 12.2 Å². The second-order valence-electron chi connectivity index (χ2n) is 6.72. The molecule has 0 spiro atoms. The van der Waals surface area contributed by atoms with Crippen LogP contribution in [0.3, 0.4) is 0 Å². The number of hydrogen-bond donors (Lipinski definition) is 3. The highest BCUT2D eigenvalue weighted by molar-refractivity contribution is 6.00. The fourth-order valence-electron chi connectivity index (χ4n) is 4.23. The van der Waals surface area contributed by atoms with E-state index in [2.05, 4.69) is 0 Å². The molecule has 0 bridgehead atoms. The minimum Gasteiger partial charge on any atom is -0.459 e. The third-order valence-electron chi connectivity index (χ3n) is 5.87. The maximum absolute atomic E-state index is 12.4. The third-order valence-corrected chi connectivity index (χ3v) is 5.87. The number of rotatable bonds is 1. The van der Waals surface area contributed by atoms with Crippen LogP contribution < -0.4 is 0 Å². The summed E-state index contributed by atoms with van der Waals surface area (Å²) in [7, 11) is 0. The van der Waals surface area contributed by atoms with E-state index in [4.69, 9.17) is 4.74 Å². The maximum Gasteiger partial charge on any atom is 0.341 e. The number of esters is 1. The van der Waals surface area contributed by atoms with Gasteiger partial charge in [-0.25, -0.2) is 4.79 Å². The summed E-state index contributed by atoms with van der Waals surface area (Å²) >= 11 is 0. The van der Waals surface area contributed by atoms with Crippen molar-refractivity contribution in [1.29, 1.82) is 0 Å². The van der Waals surface area contributed by atoms with Crippen LogP contribution in [0, 0.1) is 17.3 Å². The SMILES string of the molecule is C[C@H]1CC[C@@H]2[C@@H](OC(=O)[C@]2(O)CO)[C@]2(C)C(=O)C=C[C@@]12O. The molecule has 0 aromatic carbocycles. The summed E-state index contributed by atoms with van der Waals surface area (Å²) in [6, 6.07) is 0. The van der Waals surface area contributed by atoms with E-state index in [0.29, 0.717) is 12.8 Å². The Hall–Kier alpha value is -1.24. The van der Waals surface area contributed by atoms with Crippen molar-refractivity contribution in [3.8, 4) is 0 Å². The van der Waals surface area contributed by atoms with Crippen molar-refractivity contribution in [2.45, 2.75) is 44.0 Å². The summed E-state index contributed by atoms with van der Waals surface area (Å²) in [5, 5.41) is 30.9. The summed E-state index contributed by atoms with van der Waals surface area (Å²) in [5.41, 5.74) is -4.74. The Morgan fingerprint density at radius 2 is 2.00 bits per heavy atom. The number of fused-ring (bicyclic) bond motifs is 3. The number of allylic oxidation sites excluding steroid dienone is 1. The summed E-state index contributed by atoms with van der Waals surface area (Å²) in [5.74, 6) is -2.17. The first-order valence-corrected chi connectivity index (χ1v) is 7.22. The van der Waals surface area contributed by atoms with Crippen LogP contribution in [-0.2, 0) is 14.3 Å². The lowest BCUT2D eigenvalue weighted by Crippen LogP contribution is -2.57. The minimum absolute atomic E-state index is 0.225. The van der Waals surface area contributed by atoms with E-state index in [9.17, 15) is 24.9 Å². The molecule has 0 aromatic heterocycles. The predicted molar refractivity (Wildman–Crippen MR) is 71.0 cm³/mol. The lowest BCUT2D eigenvalue weighted by atomic mass is 9.64. The molecule has 3 N–H and O–H groups in total. The van der Waals surface area contributed by atoms with Gasteiger partial charge in [-0.05, 0) is 37.8 Å². The van der Waals surface area contributed by atoms with Crippen molar-refractivity contribution in [3.63, 3.8) is 0 Å². The summed E-state index contributed by atoms with van der Waals surface area (Å²) in [6.45, 7) is 2.66. The molecular formula is C15H20O6.